The van der Waals surface area contributed by atoms with Crippen molar-refractivity contribution in [1.82, 2.24) is 15.0 Å². The Morgan fingerprint density at radius 3 is 2.54 bits per heavy atom. The second kappa shape index (κ2) is 7.88. The number of nitrogens with zero attached hydrogens (tertiary/aromatic N) is 3. The summed E-state index contributed by atoms with van der Waals surface area (Å²) in [7, 11) is 3.27. The Morgan fingerprint density at radius 1 is 1.00 bits per heavy atom. The van der Waals surface area contributed by atoms with Gasteiger partial charge in [0.15, 0.2) is 11.5 Å². The van der Waals surface area contributed by atoms with Crippen molar-refractivity contribution in [2.45, 2.75) is 17.2 Å². The van der Waals surface area contributed by atoms with E-state index in [1.807, 2.05) is 47.3 Å². The Balaban J connectivity index is 1.61. The van der Waals surface area contributed by atoms with Gasteiger partial charge in [-0.2, -0.15) is 0 Å². The Morgan fingerprint density at radius 2 is 1.79 bits per heavy atom. The van der Waals surface area contributed by atoms with Crippen LogP contribution in [0.15, 0.2) is 59.6 Å². The van der Waals surface area contributed by atoms with Crippen LogP contribution in [-0.4, -0.2) is 29.2 Å². The van der Waals surface area contributed by atoms with Gasteiger partial charge in [-0.25, -0.2) is 4.68 Å². The molecule has 2 aromatic carbocycles. The first-order chi connectivity index (χ1) is 11.8. The lowest BCUT2D eigenvalue weighted by Gasteiger charge is -2.08. The fourth-order valence-electron chi connectivity index (χ4n) is 2.32. The molecule has 0 radical (unpaired) electrons. The zero-order chi connectivity index (χ0) is 16.8. The Hall–Kier alpha value is -2.47. The smallest absolute Gasteiger partial charge is 0.161 e. The van der Waals surface area contributed by atoms with Crippen LogP contribution in [0.25, 0.3) is 0 Å². The van der Waals surface area contributed by atoms with E-state index in [9.17, 15) is 0 Å². The molecule has 0 bridgehead atoms. The molecule has 124 valence electrons. The number of rotatable bonds is 7. The van der Waals surface area contributed by atoms with E-state index in [0.717, 1.165) is 34.4 Å². The SMILES string of the molecule is COc1ccc(SCc2cn(Cc3ccccc3)nn2)cc1OC. The molecule has 3 rings (SSSR count). The molecule has 0 atom stereocenters. The summed E-state index contributed by atoms with van der Waals surface area (Å²) in [5, 5.41) is 8.43. The molecule has 0 aliphatic rings. The summed E-state index contributed by atoms with van der Waals surface area (Å²) in [6.45, 7) is 0.731. The average molecular weight is 341 g/mol. The van der Waals surface area contributed by atoms with Crippen LogP contribution in [0.3, 0.4) is 0 Å². The van der Waals surface area contributed by atoms with E-state index in [4.69, 9.17) is 9.47 Å². The average Bonchev–Trinajstić information content (AvgIpc) is 3.08. The van der Waals surface area contributed by atoms with Crippen molar-refractivity contribution in [2.75, 3.05) is 14.2 Å². The van der Waals surface area contributed by atoms with Gasteiger partial charge < -0.3 is 9.47 Å². The van der Waals surface area contributed by atoms with Crippen LogP contribution < -0.4 is 9.47 Å². The molecule has 6 heteroatoms. The fourth-order valence-corrected chi connectivity index (χ4v) is 3.12. The van der Waals surface area contributed by atoms with Gasteiger partial charge in [0.25, 0.3) is 0 Å². The van der Waals surface area contributed by atoms with Crippen LogP contribution in [0.1, 0.15) is 11.3 Å². The summed E-state index contributed by atoms with van der Waals surface area (Å²) in [5.74, 6) is 2.22. The number of methoxy groups -OCH3 is 2. The maximum absolute atomic E-state index is 5.33. The van der Waals surface area contributed by atoms with Crippen LogP contribution in [0.4, 0.5) is 0 Å². The molecule has 0 fully saturated rings. The number of ether oxygens (including phenoxy) is 2. The van der Waals surface area contributed by atoms with Gasteiger partial charge in [-0.3, -0.25) is 0 Å². The predicted octanol–water partition coefficient (Wildman–Crippen LogP) is 3.64. The maximum atomic E-state index is 5.33. The monoisotopic (exact) mass is 341 g/mol. The van der Waals surface area contributed by atoms with Crippen LogP contribution in [-0.2, 0) is 12.3 Å². The molecule has 5 nitrogen and oxygen atoms in total. The van der Waals surface area contributed by atoms with E-state index >= 15 is 0 Å². The summed E-state index contributed by atoms with van der Waals surface area (Å²) in [6, 6.07) is 16.1. The number of aromatic nitrogens is 3. The normalized spacial score (nSPS) is 10.6. The van der Waals surface area contributed by atoms with Crippen molar-refractivity contribution >= 4 is 11.8 Å². The summed E-state index contributed by atoms with van der Waals surface area (Å²) < 4.78 is 12.4. The van der Waals surface area contributed by atoms with Gasteiger partial charge in [-0.1, -0.05) is 35.5 Å². The molecule has 0 amide bonds. The lowest BCUT2D eigenvalue weighted by molar-refractivity contribution is 0.354. The molecular weight excluding hydrogens is 322 g/mol. The Kier molecular flexibility index (Phi) is 5.38. The molecule has 1 heterocycles. The first-order valence-electron chi connectivity index (χ1n) is 7.56. The summed E-state index contributed by atoms with van der Waals surface area (Å²) >= 11 is 1.69. The summed E-state index contributed by atoms with van der Waals surface area (Å²) in [4.78, 5) is 1.10. The van der Waals surface area contributed by atoms with E-state index in [1.165, 1.54) is 5.56 Å². The Labute approximate surface area is 145 Å². The molecule has 0 unspecified atom stereocenters. The third kappa shape index (κ3) is 4.08. The van der Waals surface area contributed by atoms with Gasteiger partial charge in [-0.15, -0.1) is 16.9 Å². The standard InChI is InChI=1S/C18H19N3O2S/c1-22-17-9-8-16(10-18(17)23-2)24-13-15-12-21(20-19-15)11-14-6-4-3-5-7-14/h3-10,12H,11,13H2,1-2H3. The third-order valence-corrected chi connectivity index (χ3v) is 4.54. The summed E-state index contributed by atoms with van der Waals surface area (Å²) in [5.41, 5.74) is 2.16. The van der Waals surface area contributed by atoms with Crippen molar-refractivity contribution in [3.63, 3.8) is 0 Å². The lowest BCUT2D eigenvalue weighted by atomic mass is 10.2. The summed E-state index contributed by atoms with van der Waals surface area (Å²) in [6.07, 6.45) is 1.99. The van der Waals surface area contributed by atoms with Crippen LogP contribution in [0.5, 0.6) is 11.5 Å². The highest BCUT2D eigenvalue weighted by Gasteiger charge is 2.07. The van der Waals surface area contributed by atoms with Crippen LogP contribution in [0.2, 0.25) is 0 Å². The highest BCUT2D eigenvalue weighted by Crippen LogP contribution is 2.32. The minimum atomic E-state index is 0.731. The minimum Gasteiger partial charge on any atom is -0.493 e. The van der Waals surface area contributed by atoms with Gasteiger partial charge in [0.05, 0.1) is 26.5 Å². The van der Waals surface area contributed by atoms with Gasteiger partial charge in [0, 0.05) is 16.8 Å². The van der Waals surface area contributed by atoms with E-state index in [1.54, 1.807) is 26.0 Å². The topological polar surface area (TPSA) is 49.2 Å². The predicted molar refractivity (Wildman–Crippen MR) is 94.7 cm³/mol. The molecule has 0 spiro atoms. The quantitative estimate of drug-likeness (QED) is 0.614. The number of hydrogen-bond donors (Lipinski definition) is 0. The highest BCUT2D eigenvalue weighted by atomic mass is 32.2. The molecular formula is C18H19N3O2S. The minimum absolute atomic E-state index is 0.731. The van der Waals surface area contributed by atoms with Crippen LogP contribution >= 0.6 is 11.8 Å². The van der Waals surface area contributed by atoms with Crippen molar-refractivity contribution < 1.29 is 9.47 Å². The van der Waals surface area contributed by atoms with Gasteiger partial charge >= 0.3 is 0 Å². The molecule has 0 aliphatic carbocycles. The van der Waals surface area contributed by atoms with E-state index in [-0.39, 0.29) is 0 Å². The second-order valence-corrected chi connectivity index (χ2v) is 6.25. The van der Waals surface area contributed by atoms with Crippen molar-refractivity contribution in [3.8, 4) is 11.5 Å². The van der Waals surface area contributed by atoms with E-state index < -0.39 is 0 Å². The van der Waals surface area contributed by atoms with Crippen LogP contribution in [0, 0.1) is 0 Å². The number of hydrogen-bond acceptors (Lipinski definition) is 5. The molecule has 0 saturated heterocycles. The number of thioether (sulfide) groups is 1. The van der Waals surface area contributed by atoms with E-state index in [2.05, 4.69) is 22.4 Å². The molecule has 0 aliphatic heterocycles. The van der Waals surface area contributed by atoms with E-state index in [0.29, 0.717) is 0 Å². The van der Waals surface area contributed by atoms with Crippen molar-refractivity contribution in [1.29, 1.82) is 0 Å². The second-order valence-electron chi connectivity index (χ2n) is 5.20. The zero-order valence-corrected chi connectivity index (χ0v) is 14.5. The largest absolute Gasteiger partial charge is 0.493 e. The molecule has 24 heavy (non-hydrogen) atoms. The fraction of sp³-hybridized carbons (Fsp3) is 0.222. The van der Waals surface area contributed by atoms with Gasteiger partial charge in [0.2, 0.25) is 0 Å². The third-order valence-electron chi connectivity index (χ3n) is 3.52. The molecule has 3 aromatic rings. The lowest BCUT2D eigenvalue weighted by Crippen LogP contribution is -1.99. The highest BCUT2D eigenvalue weighted by molar-refractivity contribution is 7.98. The Bertz CT molecular complexity index is 790. The number of benzene rings is 2. The van der Waals surface area contributed by atoms with Gasteiger partial charge in [0.1, 0.15) is 0 Å². The molecule has 0 saturated carbocycles. The van der Waals surface area contributed by atoms with Crippen molar-refractivity contribution in [2.24, 2.45) is 0 Å². The zero-order valence-electron chi connectivity index (χ0n) is 13.7. The maximum Gasteiger partial charge on any atom is 0.161 e. The first kappa shape index (κ1) is 16.4. The molecule has 0 N–H and O–H groups in total. The van der Waals surface area contributed by atoms with Crippen molar-refractivity contribution in [3.05, 3.63) is 66.0 Å². The molecule has 1 aromatic heterocycles. The first-order valence-corrected chi connectivity index (χ1v) is 8.55. The van der Waals surface area contributed by atoms with Gasteiger partial charge in [-0.05, 0) is 23.8 Å².